The van der Waals surface area contributed by atoms with Crippen LogP contribution >= 0.6 is 17.0 Å². The fraction of sp³-hybridized carbons (Fsp3) is 0. The van der Waals surface area contributed by atoms with Crippen molar-refractivity contribution in [2.45, 2.75) is 0 Å². The van der Waals surface area contributed by atoms with Crippen LogP contribution in [-0.4, -0.2) is 32.9 Å². The Balaban J connectivity index is 0. The van der Waals surface area contributed by atoms with Gasteiger partial charge in [-0.25, -0.2) is 0 Å². The van der Waals surface area contributed by atoms with Crippen molar-refractivity contribution in [2.24, 2.45) is 0 Å². The molecule has 0 saturated carbocycles. The molecule has 0 aromatic heterocycles. The zero-order valence-corrected chi connectivity index (χ0v) is 7.74. The number of hydrogen-bond donors (Lipinski definition) is 0. The molecule has 0 heterocycles. The van der Waals surface area contributed by atoms with E-state index in [1.54, 1.807) is 0 Å². The zero-order valence-electron chi connectivity index (χ0n) is 3.76. The molecule has 8 heteroatoms. The van der Waals surface area contributed by atoms with E-state index in [0.29, 0.717) is 0 Å². The molecule has 0 radical (unpaired) electrons. The Kier molecular flexibility index (Phi) is 7170. The molecule has 0 unspecified atom stereocenters. The molecule has 0 aromatic rings. The summed E-state index contributed by atoms with van der Waals surface area (Å²) in [4.78, 5) is 0. The predicted molar refractivity (Wildman–Crippen MR) is 32.0 cm³/mol. The molecule has 12 N–H and O–H groups in total. The van der Waals surface area contributed by atoms with Gasteiger partial charge in [0.05, 0.1) is 0 Å². The van der Waals surface area contributed by atoms with Gasteiger partial charge in [-0.05, 0) is 0 Å². The minimum atomic E-state index is 0. The van der Waals surface area contributed by atoms with Crippen molar-refractivity contribution in [3.63, 3.8) is 0 Å². The van der Waals surface area contributed by atoms with E-state index < -0.39 is 0 Å². The molecule has 0 amide bonds. The van der Waals surface area contributed by atoms with Crippen molar-refractivity contribution in [3.05, 3.63) is 0 Å². The van der Waals surface area contributed by atoms with Crippen molar-refractivity contribution in [1.82, 2.24) is 0 Å². The van der Waals surface area contributed by atoms with Gasteiger partial charge in [0, 0.05) is 39.9 Å². The summed E-state index contributed by atoms with van der Waals surface area (Å²) in [5.41, 5.74) is 0. The smallest absolute Gasteiger partial charge is 0 e. The molecule has 0 aromatic carbocycles. The Morgan fingerprint density at radius 1 is 0.375 bits per heavy atom. The molecular weight excluding hydrogens is 333 g/mol. The molecule has 0 atom stereocenters. The first kappa shape index (κ1) is 287. The normalized spacial score (nSPS) is 0. The van der Waals surface area contributed by atoms with Gasteiger partial charge in [-0.3, -0.25) is 0 Å². The molecule has 64 valence electrons. The van der Waals surface area contributed by atoms with Crippen LogP contribution in [0.3, 0.4) is 0 Å². The first-order valence-electron chi connectivity index (χ1n) is 0. The SMILES string of the molecule is Br.O.O.O.O.O.O.[Gd]. The maximum absolute atomic E-state index is 0. The summed E-state index contributed by atoms with van der Waals surface area (Å²) in [6, 6.07) is 0. The van der Waals surface area contributed by atoms with Gasteiger partial charge < -0.3 is 32.9 Å². The molecule has 8 heavy (non-hydrogen) atoms. The van der Waals surface area contributed by atoms with Crippen LogP contribution < -0.4 is 0 Å². The van der Waals surface area contributed by atoms with E-state index in [9.17, 15) is 0 Å². The molecule has 0 aliphatic carbocycles. The van der Waals surface area contributed by atoms with E-state index in [2.05, 4.69) is 0 Å². The average molecular weight is 346 g/mol. The van der Waals surface area contributed by atoms with Gasteiger partial charge in [-0.2, -0.15) is 0 Å². The van der Waals surface area contributed by atoms with Gasteiger partial charge in [0.15, 0.2) is 0 Å². The largest absolute Gasteiger partial charge is 0.412 e. The number of hydrogen-bond acceptors (Lipinski definition) is 0. The summed E-state index contributed by atoms with van der Waals surface area (Å²) in [5.74, 6) is 0. The molecule has 0 aliphatic heterocycles. The van der Waals surface area contributed by atoms with E-state index in [4.69, 9.17) is 0 Å². The van der Waals surface area contributed by atoms with Crippen LogP contribution in [0.2, 0.25) is 0 Å². The zero-order chi connectivity index (χ0) is 0. The summed E-state index contributed by atoms with van der Waals surface area (Å²) in [6.07, 6.45) is 0. The monoisotopic (exact) mass is 346 g/mol. The van der Waals surface area contributed by atoms with Crippen LogP contribution in [0.25, 0.3) is 0 Å². The Morgan fingerprint density at radius 2 is 0.375 bits per heavy atom. The van der Waals surface area contributed by atoms with Crippen molar-refractivity contribution < 1.29 is 72.8 Å². The first-order valence-corrected chi connectivity index (χ1v) is 0. The fourth-order valence-electron chi connectivity index (χ4n) is 0. The third-order valence-electron chi connectivity index (χ3n) is 0. The van der Waals surface area contributed by atoms with E-state index in [-0.39, 0.29) is 89.8 Å². The minimum Gasteiger partial charge on any atom is -0.412 e. The van der Waals surface area contributed by atoms with Crippen molar-refractivity contribution in [2.75, 3.05) is 0 Å². The summed E-state index contributed by atoms with van der Waals surface area (Å²) in [6.45, 7) is 0. The molecule has 0 fully saturated rings. The van der Waals surface area contributed by atoms with E-state index in [0.717, 1.165) is 0 Å². The Morgan fingerprint density at radius 3 is 0.375 bits per heavy atom. The Hall–Kier alpha value is 1.56. The molecular formula is H13BrGdO6. The topological polar surface area (TPSA) is 189 Å². The quantitative estimate of drug-likeness (QED) is 0.410. The van der Waals surface area contributed by atoms with Gasteiger partial charge in [-0.1, -0.05) is 0 Å². The van der Waals surface area contributed by atoms with Crippen LogP contribution in [0.15, 0.2) is 0 Å². The van der Waals surface area contributed by atoms with Crippen molar-refractivity contribution >= 4 is 17.0 Å². The molecule has 0 rings (SSSR count). The number of rotatable bonds is 0. The Bertz CT molecular complexity index is 8.49. The van der Waals surface area contributed by atoms with Gasteiger partial charge in [-0.15, -0.1) is 17.0 Å². The summed E-state index contributed by atoms with van der Waals surface area (Å²) in [5, 5.41) is 0. The van der Waals surface area contributed by atoms with Crippen LogP contribution in [0.4, 0.5) is 0 Å². The van der Waals surface area contributed by atoms with Crippen LogP contribution in [-0.2, 0) is 0 Å². The van der Waals surface area contributed by atoms with Gasteiger partial charge in [0.1, 0.15) is 0 Å². The maximum atomic E-state index is 0. The maximum Gasteiger partial charge on any atom is 0 e. The van der Waals surface area contributed by atoms with Crippen LogP contribution in [0, 0.1) is 39.9 Å². The second-order valence-electron chi connectivity index (χ2n) is 0. The van der Waals surface area contributed by atoms with Crippen LogP contribution in [0.5, 0.6) is 0 Å². The minimum absolute atomic E-state index is 0. The summed E-state index contributed by atoms with van der Waals surface area (Å²) in [7, 11) is 0. The first-order chi connectivity index (χ1) is 0. The molecule has 0 saturated heterocycles. The molecule has 6 nitrogen and oxygen atoms in total. The van der Waals surface area contributed by atoms with E-state index in [1.165, 1.54) is 0 Å². The average Bonchev–Trinajstić information content (AvgIpc) is 0. The summed E-state index contributed by atoms with van der Waals surface area (Å²) < 4.78 is 0. The third-order valence-corrected chi connectivity index (χ3v) is 0. The second-order valence-corrected chi connectivity index (χ2v) is 0. The second kappa shape index (κ2) is 200. The standard InChI is InChI=1S/BrH.Gd.6H2O/h1H;;6*1H2. The molecule has 0 spiro atoms. The van der Waals surface area contributed by atoms with E-state index >= 15 is 0 Å². The number of halogens is 1. The van der Waals surface area contributed by atoms with Crippen molar-refractivity contribution in [3.8, 4) is 0 Å². The molecule has 0 aliphatic rings. The van der Waals surface area contributed by atoms with Gasteiger partial charge >= 0.3 is 0 Å². The third kappa shape index (κ3) is 133. The Labute approximate surface area is 89.0 Å². The van der Waals surface area contributed by atoms with Crippen molar-refractivity contribution in [1.29, 1.82) is 0 Å². The molecule has 0 bridgehead atoms. The van der Waals surface area contributed by atoms with Gasteiger partial charge in [0.25, 0.3) is 0 Å². The van der Waals surface area contributed by atoms with Gasteiger partial charge in [0.2, 0.25) is 0 Å². The fourth-order valence-corrected chi connectivity index (χ4v) is 0. The van der Waals surface area contributed by atoms with E-state index in [1.807, 2.05) is 0 Å². The summed E-state index contributed by atoms with van der Waals surface area (Å²) >= 11 is 0. The van der Waals surface area contributed by atoms with Crippen LogP contribution in [0.1, 0.15) is 0 Å². The predicted octanol–water partition coefficient (Wildman–Crippen LogP) is -4.37.